The highest BCUT2D eigenvalue weighted by Gasteiger charge is 2.32. The highest BCUT2D eigenvalue weighted by Crippen LogP contribution is 2.35. The van der Waals surface area contributed by atoms with E-state index in [2.05, 4.69) is 0 Å². The SMILES string of the molecule is CCC(=O)C1=CCC(=O)CC1(C)C. The van der Waals surface area contributed by atoms with E-state index in [1.165, 1.54) is 0 Å². The summed E-state index contributed by atoms with van der Waals surface area (Å²) in [5.41, 5.74) is 0.595. The smallest absolute Gasteiger partial charge is 0.158 e. The molecule has 13 heavy (non-hydrogen) atoms. The molecule has 0 aromatic carbocycles. The summed E-state index contributed by atoms with van der Waals surface area (Å²) in [5, 5.41) is 0. The van der Waals surface area contributed by atoms with Crippen LogP contribution in [0, 0.1) is 5.41 Å². The number of Topliss-reactive ketones (excluding diaryl/α,β-unsaturated/α-hetero) is 2. The van der Waals surface area contributed by atoms with Gasteiger partial charge in [-0.15, -0.1) is 0 Å². The third kappa shape index (κ3) is 2.06. The van der Waals surface area contributed by atoms with E-state index < -0.39 is 0 Å². The van der Waals surface area contributed by atoms with Crippen LogP contribution >= 0.6 is 0 Å². The Bertz CT molecular complexity index is 272. The molecule has 0 unspecified atom stereocenters. The van der Waals surface area contributed by atoms with Gasteiger partial charge in [-0.05, 0) is 11.0 Å². The van der Waals surface area contributed by atoms with Crippen LogP contribution in [0.5, 0.6) is 0 Å². The minimum absolute atomic E-state index is 0.178. The highest BCUT2D eigenvalue weighted by atomic mass is 16.1. The average Bonchev–Trinajstić information content (AvgIpc) is 2.01. The molecular formula is C11H16O2. The molecule has 2 nitrogen and oxygen atoms in total. The van der Waals surface area contributed by atoms with Crippen LogP contribution < -0.4 is 0 Å². The van der Waals surface area contributed by atoms with Crippen LogP contribution in [-0.2, 0) is 9.59 Å². The van der Waals surface area contributed by atoms with Crippen LogP contribution in [0.1, 0.15) is 40.0 Å². The fourth-order valence-electron chi connectivity index (χ4n) is 1.83. The topological polar surface area (TPSA) is 34.1 Å². The van der Waals surface area contributed by atoms with Crippen LogP contribution in [0.4, 0.5) is 0 Å². The van der Waals surface area contributed by atoms with E-state index in [0.29, 0.717) is 19.3 Å². The Kier molecular flexibility index (Phi) is 2.69. The zero-order valence-corrected chi connectivity index (χ0v) is 8.52. The van der Waals surface area contributed by atoms with Crippen molar-refractivity contribution in [1.29, 1.82) is 0 Å². The third-order valence-corrected chi connectivity index (χ3v) is 2.52. The Morgan fingerprint density at radius 1 is 1.54 bits per heavy atom. The average molecular weight is 180 g/mol. The first-order valence-corrected chi connectivity index (χ1v) is 4.73. The molecule has 0 aliphatic heterocycles. The number of carbonyl (C=O) groups excluding carboxylic acids is 2. The van der Waals surface area contributed by atoms with Crippen molar-refractivity contribution in [3.05, 3.63) is 11.6 Å². The van der Waals surface area contributed by atoms with E-state index in [-0.39, 0.29) is 17.0 Å². The zero-order chi connectivity index (χ0) is 10.1. The molecule has 1 rings (SSSR count). The van der Waals surface area contributed by atoms with Gasteiger partial charge in [-0.25, -0.2) is 0 Å². The lowest BCUT2D eigenvalue weighted by Crippen LogP contribution is -2.28. The second-order valence-corrected chi connectivity index (χ2v) is 4.20. The van der Waals surface area contributed by atoms with Crippen LogP contribution in [-0.4, -0.2) is 11.6 Å². The van der Waals surface area contributed by atoms with Gasteiger partial charge in [0.25, 0.3) is 0 Å². The van der Waals surface area contributed by atoms with Crippen LogP contribution in [0.3, 0.4) is 0 Å². The summed E-state index contributed by atoms with van der Waals surface area (Å²) in [6.45, 7) is 5.78. The van der Waals surface area contributed by atoms with E-state index in [9.17, 15) is 9.59 Å². The van der Waals surface area contributed by atoms with Crippen molar-refractivity contribution in [2.45, 2.75) is 40.0 Å². The molecule has 0 saturated carbocycles. The van der Waals surface area contributed by atoms with Crippen molar-refractivity contribution in [2.75, 3.05) is 0 Å². The second-order valence-electron chi connectivity index (χ2n) is 4.20. The highest BCUT2D eigenvalue weighted by molar-refractivity contribution is 5.99. The molecular weight excluding hydrogens is 164 g/mol. The lowest BCUT2D eigenvalue weighted by Gasteiger charge is -2.29. The first kappa shape index (κ1) is 10.2. The van der Waals surface area contributed by atoms with Crippen molar-refractivity contribution in [1.82, 2.24) is 0 Å². The zero-order valence-electron chi connectivity index (χ0n) is 8.52. The molecule has 1 aliphatic rings. The summed E-state index contributed by atoms with van der Waals surface area (Å²) in [6, 6.07) is 0. The number of ketones is 2. The van der Waals surface area contributed by atoms with Gasteiger partial charge in [-0.2, -0.15) is 0 Å². The van der Waals surface area contributed by atoms with Gasteiger partial charge in [0.2, 0.25) is 0 Å². The molecule has 0 amide bonds. The van der Waals surface area contributed by atoms with Crippen LogP contribution in [0.15, 0.2) is 11.6 Å². The number of carbonyl (C=O) groups is 2. The molecule has 0 saturated heterocycles. The van der Waals surface area contributed by atoms with Gasteiger partial charge in [-0.3, -0.25) is 9.59 Å². The lowest BCUT2D eigenvalue weighted by molar-refractivity contribution is -0.121. The Hall–Kier alpha value is -0.920. The van der Waals surface area contributed by atoms with Crippen molar-refractivity contribution in [3.8, 4) is 0 Å². The number of hydrogen-bond donors (Lipinski definition) is 0. The maximum absolute atomic E-state index is 11.5. The number of hydrogen-bond acceptors (Lipinski definition) is 2. The fraction of sp³-hybridized carbons (Fsp3) is 0.636. The summed E-state index contributed by atoms with van der Waals surface area (Å²) >= 11 is 0. The van der Waals surface area contributed by atoms with Crippen molar-refractivity contribution in [3.63, 3.8) is 0 Å². The Morgan fingerprint density at radius 3 is 2.62 bits per heavy atom. The summed E-state index contributed by atoms with van der Waals surface area (Å²) in [7, 11) is 0. The van der Waals surface area contributed by atoms with Crippen molar-refractivity contribution in [2.24, 2.45) is 5.41 Å². The predicted octanol–water partition coefficient (Wildman–Crippen LogP) is 2.28. The molecule has 0 spiro atoms. The van der Waals surface area contributed by atoms with Crippen LogP contribution in [0.2, 0.25) is 0 Å². The fourth-order valence-corrected chi connectivity index (χ4v) is 1.83. The van der Waals surface area contributed by atoms with Gasteiger partial charge >= 0.3 is 0 Å². The summed E-state index contributed by atoms with van der Waals surface area (Å²) in [6.07, 6.45) is 3.27. The third-order valence-electron chi connectivity index (χ3n) is 2.52. The van der Waals surface area contributed by atoms with Gasteiger partial charge in [0, 0.05) is 19.3 Å². The number of allylic oxidation sites excluding steroid dienone is 2. The Balaban J connectivity index is 2.95. The van der Waals surface area contributed by atoms with E-state index in [1.807, 2.05) is 20.8 Å². The standard InChI is InChI=1S/C11H16O2/c1-4-10(13)9-6-5-8(12)7-11(9,2)3/h6H,4-5,7H2,1-3H3. The molecule has 1 aliphatic carbocycles. The molecule has 0 bridgehead atoms. The molecule has 0 radical (unpaired) electrons. The molecule has 0 fully saturated rings. The van der Waals surface area contributed by atoms with E-state index in [0.717, 1.165) is 5.57 Å². The van der Waals surface area contributed by atoms with E-state index in [1.54, 1.807) is 6.08 Å². The summed E-state index contributed by atoms with van der Waals surface area (Å²) in [5.74, 6) is 0.412. The molecule has 2 heteroatoms. The normalized spacial score (nSPS) is 21.2. The van der Waals surface area contributed by atoms with Gasteiger partial charge in [-0.1, -0.05) is 26.8 Å². The largest absolute Gasteiger partial charge is 0.299 e. The molecule has 0 heterocycles. The second kappa shape index (κ2) is 3.44. The van der Waals surface area contributed by atoms with Gasteiger partial charge in [0.1, 0.15) is 5.78 Å². The maximum Gasteiger partial charge on any atom is 0.158 e. The minimum Gasteiger partial charge on any atom is -0.299 e. The number of rotatable bonds is 2. The van der Waals surface area contributed by atoms with Crippen molar-refractivity contribution >= 4 is 11.6 Å². The predicted molar refractivity (Wildman–Crippen MR) is 51.4 cm³/mol. The first-order valence-electron chi connectivity index (χ1n) is 4.73. The minimum atomic E-state index is -0.248. The Morgan fingerprint density at radius 2 is 2.15 bits per heavy atom. The molecule has 72 valence electrons. The molecule has 0 N–H and O–H groups in total. The summed E-state index contributed by atoms with van der Waals surface area (Å²) in [4.78, 5) is 22.7. The first-order chi connectivity index (χ1) is 5.97. The molecule has 0 aromatic rings. The van der Waals surface area contributed by atoms with E-state index in [4.69, 9.17) is 0 Å². The Labute approximate surface area is 79.0 Å². The van der Waals surface area contributed by atoms with Crippen molar-refractivity contribution < 1.29 is 9.59 Å². The van der Waals surface area contributed by atoms with E-state index >= 15 is 0 Å². The van der Waals surface area contributed by atoms with Gasteiger partial charge < -0.3 is 0 Å². The van der Waals surface area contributed by atoms with Gasteiger partial charge in [0.05, 0.1) is 0 Å². The molecule has 0 atom stereocenters. The maximum atomic E-state index is 11.5. The quantitative estimate of drug-likeness (QED) is 0.653. The summed E-state index contributed by atoms with van der Waals surface area (Å²) < 4.78 is 0. The van der Waals surface area contributed by atoms with Crippen LogP contribution in [0.25, 0.3) is 0 Å². The molecule has 0 aromatic heterocycles. The monoisotopic (exact) mass is 180 g/mol. The van der Waals surface area contributed by atoms with Gasteiger partial charge in [0.15, 0.2) is 5.78 Å². The lowest BCUT2D eigenvalue weighted by atomic mass is 9.73.